The molecule has 2 aromatic rings. The minimum atomic E-state index is 0.430. The van der Waals surface area contributed by atoms with Crippen LogP contribution in [0.4, 0.5) is 5.69 Å². The van der Waals surface area contributed by atoms with Crippen molar-refractivity contribution >= 4 is 21.6 Å². The zero-order valence-electron chi connectivity index (χ0n) is 11.8. The van der Waals surface area contributed by atoms with E-state index in [9.17, 15) is 0 Å². The van der Waals surface area contributed by atoms with Crippen LogP contribution >= 0.6 is 15.9 Å². The average Bonchev–Trinajstić information content (AvgIpc) is 2.88. The first-order valence-electron chi connectivity index (χ1n) is 6.85. The number of nitrogen functional groups attached to an aromatic ring is 1. The molecule has 1 heterocycles. The molecule has 0 fully saturated rings. The Morgan fingerprint density at radius 1 is 1.30 bits per heavy atom. The molecule has 5 heteroatoms. The van der Waals surface area contributed by atoms with Gasteiger partial charge in [0.1, 0.15) is 12.4 Å². The van der Waals surface area contributed by atoms with Crippen LogP contribution < -0.4 is 10.5 Å². The summed E-state index contributed by atoms with van der Waals surface area (Å²) in [5.74, 6) is 0.685. The van der Waals surface area contributed by atoms with E-state index in [1.807, 2.05) is 35.1 Å². The Kier molecular flexibility index (Phi) is 5.06. The van der Waals surface area contributed by atoms with Crippen molar-refractivity contribution in [2.75, 3.05) is 5.73 Å². The molecule has 4 nitrogen and oxygen atoms in total. The number of hydrogen-bond acceptors (Lipinski definition) is 3. The molecule has 0 aliphatic carbocycles. The van der Waals surface area contributed by atoms with Gasteiger partial charge in [0, 0.05) is 10.7 Å². The standard InChI is InChI=1S/C15H20BrN3O/c1-3-13(4-2)19-8-7-12(18-19)10-20-15-6-5-11(16)9-14(15)17/h5-9,13H,3-4,10,17H2,1-2H3. The zero-order valence-corrected chi connectivity index (χ0v) is 13.4. The zero-order chi connectivity index (χ0) is 14.5. The van der Waals surface area contributed by atoms with Gasteiger partial charge in [-0.3, -0.25) is 4.68 Å². The highest BCUT2D eigenvalue weighted by atomic mass is 79.9. The maximum Gasteiger partial charge on any atom is 0.142 e. The molecule has 0 amide bonds. The normalized spacial score (nSPS) is 11.0. The molecule has 0 saturated carbocycles. The van der Waals surface area contributed by atoms with Crippen LogP contribution in [0.2, 0.25) is 0 Å². The summed E-state index contributed by atoms with van der Waals surface area (Å²) in [6, 6.07) is 8.05. The van der Waals surface area contributed by atoms with Crippen LogP contribution in [0.25, 0.3) is 0 Å². The summed E-state index contributed by atoms with van der Waals surface area (Å²) in [7, 11) is 0. The molecule has 0 aliphatic rings. The summed E-state index contributed by atoms with van der Waals surface area (Å²) in [6.07, 6.45) is 4.18. The Morgan fingerprint density at radius 2 is 2.05 bits per heavy atom. The van der Waals surface area contributed by atoms with E-state index in [1.54, 1.807) is 0 Å². The smallest absolute Gasteiger partial charge is 0.142 e. The van der Waals surface area contributed by atoms with E-state index in [1.165, 1.54) is 0 Å². The fourth-order valence-corrected chi connectivity index (χ4v) is 2.50. The number of benzene rings is 1. The minimum absolute atomic E-state index is 0.430. The van der Waals surface area contributed by atoms with E-state index >= 15 is 0 Å². The average molecular weight is 338 g/mol. The van der Waals surface area contributed by atoms with E-state index in [2.05, 4.69) is 34.9 Å². The first-order valence-corrected chi connectivity index (χ1v) is 7.65. The second kappa shape index (κ2) is 6.79. The fourth-order valence-electron chi connectivity index (χ4n) is 2.12. The highest BCUT2D eigenvalue weighted by Crippen LogP contribution is 2.26. The van der Waals surface area contributed by atoms with E-state index in [0.717, 1.165) is 23.0 Å². The highest BCUT2D eigenvalue weighted by molar-refractivity contribution is 9.10. The van der Waals surface area contributed by atoms with E-state index < -0.39 is 0 Å². The quantitative estimate of drug-likeness (QED) is 0.805. The van der Waals surface area contributed by atoms with Gasteiger partial charge in [-0.15, -0.1) is 0 Å². The van der Waals surface area contributed by atoms with Crippen LogP contribution in [-0.2, 0) is 6.61 Å². The molecule has 1 aromatic carbocycles. The van der Waals surface area contributed by atoms with Crippen LogP contribution in [0.15, 0.2) is 34.9 Å². The molecular weight excluding hydrogens is 318 g/mol. The molecule has 108 valence electrons. The molecule has 2 rings (SSSR count). The monoisotopic (exact) mass is 337 g/mol. The number of anilines is 1. The first kappa shape index (κ1) is 14.9. The van der Waals surface area contributed by atoms with Crippen molar-refractivity contribution in [3.8, 4) is 5.75 Å². The number of nitrogens with two attached hydrogens (primary N) is 1. The highest BCUT2D eigenvalue weighted by Gasteiger charge is 2.09. The second-order valence-electron chi connectivity index (χ2n) is 4.73. The molecule has 0 atom stereocenters. The lowest BCUT2D eigenvalue weighted by atomic mass is 10.2. The number of nitrogens with zero attached hydrogens (tertiary/aromatic N) is 2. The second-order valence-corrected chi connectivity index (χ2v) is 5.64. The summed E-state index contributed by atoms with van der Waals surface area (Å²) in [6.45, 7) is 4.78. The number of rotatable bonds is 6. The molecule has 1 aromatic heterocycles. The Bertz CT molecular complexity index is 564. The van der Waals surface area contributed by atoms with Crippen molar-refractivity contribution < 1.29 is 4.74 Å². The number of aromatic nitrogens is 2. The molecule has 0 saturated heterocycles. The van der Waals surface area contributed by atoms with Gasteiger partial charge in [0.2, 0.25) is 0 Å². The van der Waals surface area contributed by atoms with Crippen LogP contribution in [0.3, 0.4) is 0 Å². The van der Waals surface area contributed by atoms with Crippen molar-refractivity contribution in [3.63, 3.8) is 0 Å². The van der Waals surface area contributed by atoms with Crippen LogP contribution in [0.1, 0.15) is 38.4 Å². The van der Waals surface area contributed by atoms with Crippen LogP contribution in [0, 0.1) is 0 Å². The van der Waals surface area contributed by atoms with Crippen LogP contribution in [-0.4, -0.2) is 9.78 Å². The lowest BCUT2D eigenvalue weighted by Crippen LogP contribution is -2.08. The summed E-state index contributed by atoms with van der Waals surface area (Å²) in [5, 5.41) is 4.56. The van der Waals surface area contributed by atoms with Crippen molar-refractivity contribution in [3.05, 3.63) is 40.6 Å². The maximum atomic E-state index is 5.90. The largest absolute Gasteiger partial charge is 0.485 e. The molecule has 0 radical (unpaired) electrons. The summed E-state index contributed by atoms with van der Waals surface area (Å²) in [5.41, 5.74) is 7.44. The summed E-state index contributed by atoms with van der Waals surface area (Å²) in [4.78, 5) is 0. The lowest BCUT2D eigenvalue weighted by Gasteiger charge is -2.12. The van der Waals surface area contributed by atoms with Gasteiger partial charge in [-0.1, -0.05) is 29.8 Å². The van der Waals surface area contributed by atoms with Gasteiger partial charge in [0.15, 0.2) is 0 Å². The number of ether oxygens (including phenoxy) is 1. The van der Waals surface area contributed by atoms with Gasteiger partial charge in [0.05, 0.1) is 17.4 Å². The molecule has 0 bridgehead atoms. The minimum Gasteiger partial charge on any atom is -0.485 e. The summed E-state index contributed by atoms with van der Waals surface area (Å²) >= 11 is 3.38. The van der Waals surface area contributed by atoms with Crippen molar-refractivity contribution in [2.45, 2.75) is 39.3 Å². The Balaban J connectivity index is 2.00. The van der Waals surface area contributed by atoms with Crippen molar-refractivity contribution in [2.24, 2.45) is 0 Å². The molecular formula is C15H20BrN3O. The molecule has 0 unspecified atom stereocenters. The predicted octanol–water partition coefficient (Wildman–Crippen LogP) is 4.17. The Hall–Kier alpha value is -1.49. The van der Waals surface area contributed by atoms with Gasteiger partial charge in [0.25, 0.3) is 0 Å². The molecule has 20 heavy (non-hydrogen) atoms. The third-order valence-electron chi connectivity index (χ3n) is 3.33. The van der Waals surface area contributed by atoms with Gasteiger partial charge in [-0.2, -0.15) is 5.10 Å². The molecule has 2 N–H and O–H groups in total. The SMILES string of the molecule is CCC(CC)n1ccc(COc2ccc(Br)cc2N)n1. The summed E-state index contributed by atoms with van der Waals surface area (Å²) < 4.78 is 8.68. The maximum absolute atomic E-state index is 5.90. The number of halogens is 1. The first-order chi connectivity index (χ1) is 9.63. The van der Waals surface area contributed by atoms with E-state index in [4.69, 9.17) is 10.5 Å². The third-order valence-corrected chi connectivity index (χ3v) is 3.82. The van der Waals surface area contributed by atoms with Gasteiger partial charge in [-0.05, 0) is 37.1 Å². The Morgan fingerprint density at radius 3 is 2.70 bits per heavy atom. The van der Waals surface area contributed by atoms with Gasteiger partial charge >= 0.3 is 0 Å². The molecule has 0 aliphatic heterocycles. The van der Waals surface area contributed by atoms with E-state index in [-0.39, 0.29) is 0 Å². The topological polar surface area (TPSA) is 53.1 Å². The van der Waals surface area contributed by atoms with Gasteiger partial charge < -0.3 is 10.5 Å². The Labute approximate surface area is 128 Å². The number of hydrogen-bond donors (Lipinski definition) is 1. The van der Waals surface area contributed by atoms with E-state index in [0.29, 0.717) is 24.1 Å². The van der Waals surface area contributed by atoms with Gasteiger partial charge in [-0.25, -0.2) is 0 Å². The fraction of sp³-hybridized carbons (Fsp3) is 0.400. The van der Waals surface area contributed by atoms with Crippen LogP contribution in [0.5, 0.6) is 5.75 Å². The third kappa shape index (κ3) is 3.54. The van der Waals surface area contributed by atoms with Crippen molar-refractivity contribution in [1.82, 2.24) is 9.78 Å². The molecule has 0 spiro atoms. The van der Waals surface area contributed by atoms with Crippen molar-refractivity contribution in [1.29, 1.82) is 0 Å². The predicted molar refractivity (Wildman–Crippen MR) is 84.7 cm³/mol. The lowest BCUT2D eigenvalue weighted by molar-refractivity contribution is 0.299.